The molecule has 18 heavy (non-hydrogen) atoms. The lowest BCUT2D eigenvalue weighted by molar-refractivity contribution is -0.0819. The molecule has 6 nitrogen and oxygen atoms in total. The third kappa shape index (κ3) is 3.82. The van der Waals surface area contributed by atoms with Gasteiger partial charge < -0.3 is 19.5 Å². The number of ether oxygens (including phenoxy) is 3. The van der Waals surface area contributed by atoms with Crippen molar-refractivity contribution in [1.29, 1.82) is 0 Å². The van der Waals surface area contributed by atoms with Crippen LogP contribution in [0.25, 0.3) is 0 Å². The molecule has 1 saturated heterocycles. The summed E-state index contributed by atoms with van der Waals surface area (Å²) < 4.78 is 16.3. The molecule has 0 bridgehead atoms. The molecule has 1 unspecified atom stereocenters. The number of anilines is 1. The smallest absolute Gasteiger partial charge is 0.218 e. The molecule has 0 aliphatic carbocycles. The summed E-state index contributed by atoms with van der Waals surface area (Å²) in [5.74, 6) is 2.03. The predicted molar refractivity (Wildman–Crippen MR) is 67.0 cm³/mol. The van der Waals surface area contributed by atoms with Crippen molar-refractivity contribution >= 4 is 5.82 Å². The monoisotopic (exact) mass is 253 g/mol. The lowest BCUT2D eigenvalue weighted by Gasteiger charge is -2.23. The number of hydrogen-bond donors (Lipinski definition) is 1. The second kappa shape index (κ2) is 6.51. The van der Waals surface area contributed by atoms with Gasteiger partial charge in [-0.3, -0.25) is 0 Å². The summed E-state index contributed by atoms with van der Waals surface area (Å²) in [6.07, 6.45) is 0.0737. The van der Waals surface area contributed by atoms with Gasteiger partial charge in [-0.25, -0.2) is 4.98 Å². The van der Waals surface area contributed by atoms with E-state index in [4.69, 9.17) is 14.2 Å². The number of aromatic nitrogens is 2. The molecule has 0 radical (unpaired) electrons. The molecular formula is C12H19N3O3. The number of rotatable bonds is 5. The van der Waals surface area contributed by atoms with Gasteiger partial charge in [-0.1, -0.05) is 0 Å². The van der Waals surface area contributed by atoms with Crippen LogP contribution in [-0.2, 0) is 9.47 Å². The highest BCUT2D eigenvalue weighted by atomic mass is 16.6. The Kier molecular flexibility index (Phi) is 4.72. The van der Waals surface area contributed by atoms with Crippen LogP contribution in [0.15, 0.2) is 6.07 Å². The van der Waals surface area contributed by atoms with E-state index >= 15 is 0 Å². The van der Waals surface area contributed by atoms with Crippen LogP contribution in [0.3, 0.4) is 0 Å². The summed E-state index contributed by atoms with van der Waals surface area (Å²) in [5, 5.41) is 3.22. The predicted octanol–water partition coefficient (Wildman–Crippen LogP) is 1.01. The SMILES string of the molecule is CCOc1cc(NCC2COCCO2)nc(C)n1. The molecule has 0 aromatic carbocycles. The zero-order valence-corrected chi connectivity index (χ0v) is 10.8. The summed E-state index contributed by atoms with van der Waals surface area (Å²) in [7, 11) is 0. The van der Waals surface area contributed by atoms with E-state index in [1.807, 2.05) is 13.8 Å². The van der Waals surface area contributed by atoms with Crippen molar-refractivity contribution in [2.45, 2.75) is 20.0 Å². The first-order valence-corrected chi connectivity index (χ1v) is 6.19. The summed E-state index contributed by atoms with van der Waals surface area (Å²) in [4.78, 5) is 8.49. The van der Waals surface area contributed by atoms with Crippen LogP contribution in [0.5, 0.6) is 5.88 Å². The average Bonchev–Trinajstić information content (AvgIpc) is 2.37. The first kappa shape index (κ1) is 13.0. The Bertz CT molecular complexity index is 381. The highest BCUT2D eigenvalue weighted by Gasteiger charge is 2.14. The van der Waals surface area contributed by atoms with Crippen LogP contribution in [-0.4, -0.2) is 49.0 Å². The molecule has 1 aliphatic rings. The van der Waals surface area contributed by atoms with Crippen molar-refractivity contribution in [1.82, 2.24) is 9.97 Å². The van der Waals surface area contributed by atoms with Gasteiger partial charge in [-0.15, -0.1) is 0 Å². The van der Waals surface area contributed by atoms with E-state index in [1.54, 1.807) is 6.07 Å². The number of aryl methyl sites for hydroxylation is 1. The largest absolute Gasteiger partial charge is 0.478 e. The minimum Gasteiger partial charge on any atom is -0.478 e. The van der Waals surface area contributed by atoms with Crippen molar-refractivity contribution in [3.8, 4) is 5.88 Å². The van der Waals surface area contributed by atoms with E-state index in [0.29, 0.717) is 44.7 Å². The molecule has 1 fully saturated rings. The Hall–Kier alpha value is -1.40. The topological polar surface area (TPSA) is 65.5 Å². The van der Waals surface area contributed by atoms with Crippen LogP contribution >= 0.6 is 0 Å². The Morgan fingerprint density at radius 3 is 3.06 bits per heavy atom. The van der Waals surface area contributed by atoms with Crippen LogP contribution in [0.2, 0.25) is 0 Å². The zero-order chi connectivity index (χ0) is 12.8. The Balaban J connectivity index is 1.91. The fourth-order valence-corrected chi connectivity index (χ4v) is 1.73. The molecular weight excluding hydrogens is 234 g/mol. The maximum absolute atomic E-state index is 5.55. The van der Waals surface area contributed by atoms with Gasteiger partial charge in [0.2, 0.25) is 5.88 Å². The zero-order valence-electron chi connectivity index (χ0n) is 10.8. The molecule has 1 N–H and O–H groups in total. The summed E-state index contributed by atoms with van der Waals surface area (Å²) in [6.45, 7) is 6.98. The highest BCUT2D eigenvalue weighted by molar-refractivity contribution is 5.38. The van der Waals surface area contributed by atoms with E-state index in [9.17, 15) is 0 Å². The van der Waals surface area contributed by atoms with Gasteiger partial charge in [0.05, 0.1) is 32.5 Å². The van der Waals surface area contributed by atoms with E-state index < -0.39 is 0 Å². The van der Waals surface area contributed by atoms with Gasteiger partial charge in [0.1, 0.15) is 11.6 Å². The summed E-state index contributed by atoms with van der Waals surface area (Å²) in [6, 6.07) is 1.79. The molecule has 100 valence electrons. The minimum atomic E-state index is 0.0737. The molecule has 1 aromatic heterocycles. The van der Waals surface area contributed by atoms with Gasteiger partial charge in [0, 0.05) is 12.6 Å². The van der Waals surface area contributed by atoms with Crippen molar-refractivity contribution < 1.29 is 14.2 Å². The van der Waals surface area contributed by atoms with E-state index in [2.05, 4.69) is 15.3 Å². The Morgan fingerprint density at radius 2 is 2.33 bits per heavy atom. The molecule has 0 saturated carbocycles. The molecule has 6 heteroatoms. The van der Waals surface area contributed by atoms with Crippen LogP contribution < -0.4 is 10.1 Å². The number of hydrogen-bond acceptors (Lipinski definition) is 6. The maximum atomic E-state index is 5.55. The quantitative estimate of drug-likeness (QED) is 0.845. The summed E-state index contributed by atoms with van der Waals surface area (Å²) in [5.41, 5.74) is 0. The average molecular weight is 253 g/mol. The molecule has 0 amide bonds. The van der Waals surface area contributed by atoms with Gasteiger partial charge in [0.15, 0.2) is 0 Å². The van der Waals surface area contributed by atoms with Crippen molar-refractivity contribution in [2.75, 3.05) is 38.3 Å². The normalized spacial score (nSPS) is 19.6. The molecule has 2 heterocycles. The maximum Gasteiger partial charge on any atom is 0.218 e. The Labute approximate surface area is 107 Å². The molecule has 1 aliphatic heterocycles. The summed E-state index contributed by atoms with van der Waals surface area (Å²) >= 11 is 0. The lowest BCUT2D eigenvalue weighted by atomic mass is 10.3. The van der Waals surface area contributed by atoms with Crippen LogP contribution in [0.4, 0.5) is 5.82 Å². The van der Waals surface area contributed by atoms with Crippen molar-refractivity contribution in [2.24, 2.45) is 0 Å². The molecule has 2 rings (SSSR count). The second-order valence-corrected chi connectivity index (χ2v) is 4.02. The molecule has 0 spiro atoms. The van der Waals surface area contributed by atoms with Gasteiger partial charge >= 0.3 is 0 Å². The minimum absolute atomic E-state index is 0.0737. The fraction of sp³-hybridized carbons (Fsp3) is 0.667. The second-order valence-electron chi connectivity index (χ2n) is 4.02. The molecule has 1 aromatic rings. The van der Waals surface area contributed by atoms with Gasteiger partial charge in [-0.2, -0.15) is 4.98 Å². The number of nitrogens with zero attached hydrogens (tertiary/aromatic N) is 2. The molecule has 1 atom stereocenters. The van der Waals surface area contributed by atoms with Crippen LogP contribution in [0, 0.1) is 6.92 Å². The van der Waals surface area contributed by atoms with E-state index in [0.717, 1.165) is 5.82 Å². The van der Waals surface area contributed by atoms with Crippen LogP contribution in [0.1, 0.15) is 12.7 Å². The fourth-order valence-electron chi connectivity index (χ4n) is 1.73. The first-order chi connectivity index (χ1) is 8.78. The van der Waals surface area contributed by atoms with Crippen molar-refractivity contribution in [3.63, 3.8) is 0 Å². The number of nitrogens with one attached hydrogen (secondary N) is 1. The Morgan fingerprint density at radius 1 is 1.44 bits per heavy atom. The van der Waals surface area contributed by atoms with E-state index in [1.165, 1.54) is 0 Å². The van der Waals surface area contributed by atoms with Crippen molar-refractivity contribution in [3.05, 3.63) is 11.9 Å². The third-order valence-electron chi connectivity index (χ3n) is 2.50. The standard InChI is InChI=1S/C12H19N3O3/c1-3-17-12-6-11(14-9(2)15-12)13-7-10-8-16-4-5-18-10/h6,10H,3-5,7-8H2,1-2H3,(H,13,14,15). The first-order valence-electron chi connectivity index (χ1n) is 6.19. The lowest BCUT2D eigenvalue weighted by Crippen LogP contribution is -2.34. The van der Waals surface area contributed by atoms with Gasteiger partial charge in [-0.05, 0) is 13.8 Å². The highest BCUT2D eigenvalue weighted by Crippen LogP contribution is 2.13. The van der Waals surface area contributed by atoms with E-state index in [-0.39, 0.29) is 6.10 Å². The van der Waals surface area contributed by atoms with Gasteiger partial charge in [0.25, 0.3) is 0 Å². The third-order valence-corrected chi connectivity index (χ3v) is 2.50.